The Morgan fingerprint density at radius 1 is 1.29 bits per heavy atom. The first-order chi connectivity index (χ1) is 13.5. The molecule has 0 aliphatic heterocycles. The summed E-state index contributed by atoms with van der Waals surface area (Å²) in [5, 5.41) is 12.1. The van der Waals surface area contributed by atoms with Crippen LogP contribution >= 0.6 is 11.8 Å². The third kappa shape index (κ3) is 3.24. The molecule has 0 bridgehead atoms. The van der Waals surface area contributed by atoms with Gasteiger partial charge in [0, 0.05) is 18.7 Å². The fourth-order valence-corrected chi connectivity index (χ4v) is 4.25. The van der Waals surface area contributed by atoms with E-state index in [1.54, 1.807) is 29.6 Å². The number of benzene rings is 1. The van der Waals surface area contributed by atoms with E-state index in [2.05, 4.69) is 15.5 Å². The summed E-state index contributed by atoms with van der Waals surface area (Å²) < 4.78 is 3.07. The highest BCUT2D eigenvalue weighted by molar-refractivity contribution is 7.99. The van der Waals surface area contributed by atoms with E-state index in [1.807, 2.05) is 0 Å². The molecule has 0 radical (unpaired) electrons. The molecule has 146 valence electrons. The molecule has 9 nitrogen and oxygen atoms in total. The van der Waals surface area contributed by atoms with Gasteiger partial charge in [-0.2, -0.15) is 0 Å². The lowest BCUT2D eigenvalue weighted by atomic mass is 10.1. The van der Waals surface area contributed by atoms with Crippen molar-refractivity contribution >= 4 is 40.3 Å². The molecule has 1 saturated carbocycles. The number of hydrogen-bond acceptors (Lipinski definition) is 6. The first-order valence-electron chi connectivity index (χ1n) is 9.05. The number of carbonyl (C=O) groups is 2. The van der Waals surface area contributed by atoms with Crippen LogP contribution in [0.3, 0.4) is 0 Å². The van der Waals surface area contributed by atoms with E-state index in [0.29, 0.717) is 27.4 Å². The van der Waals surface area contributed by atoms with Crippen molar-refractivity contribution in [2.24, 2.45) is 12.8 Å². The molecule has 3 aromatic rings. The number of aromatic nitrogens is 4. The number of carbonyl (C=O) groups excluding carboxylic acids is 2. The first kappa shape index (κ1) is 18.5. The molecule has 10 heteroatoms. The summed E-state index contributed by atoms with van der Waals surface area (Å²) in [6.07, 6.45) is 4.23. The highest BCUT2D eigenvalue weighted by atomic mass is 32.2. The number of nitrogens with one attached hydrogen (secondary N) is 1. The highest BCUT2D eigenvalue weighted by Gasteiger charge is 2.20. The number of hydrogen-bond donors (Lipinski definition) is 2. The number of thioether (sulfide) groups is 1. The minimum absolute atomic E-state index is 0.0347. The van der Waals surface area contributed by atoms with Crippen LogP contribution in [0, 0.1) is 0 Å². The van der Waals surface area contributed by atoms with Crippen LogP contribution in [0.1, 0.15) is 36.0 Å². The lowest BCUT2D eigenvalue weighted by Crippen LogP contribution is -2.32. The third-order valence-electron chi connectivity index (χ3n) is 4.99. The summed E-state index contributed by atoms with van der Waals surface area (Å²) in [5.74, 6) is -0.278. The van der Waals surface area contributed by atoms with Gasteiger partial charge in [-0.15, -0.1) is 10.2 Å². The quantitative estimate of drug-likeness (QED) is 0.611. The molecule has 0 unspecified atom stereocenters. The Balaban J connectivity index is 1.83. The van der Waals surface area contributed by atoms with E-state index in [4.69, 9.17) is 5.73 Å². The molecule has 2 aromatic heterocycles. The zero-order chi connectivity index (χ0) is 19.8. The van der Waals surface area contributed by atoms with Crippen LogP contribution in [0.4, 0.5) is 0 Å². The van der Waals surface area contributed by atoms with Crippen LogP contribution in [0.25, 0.3) is 16.7 Å². The lowest BCUT2D eigenvalue weighted by Gasteiger charge is -2.13. The summed E-state index contributed by atoms with van der Waals surface area (Å²) in [5.41, 5.74) is 5.99. The van der Waals surface area contributed by atoms with E-state index in [1.165, 1.54) is 4.57 Å². The van der Waals surface area contributed by atoms with Gasteiger partial charge in [0.05, 0.1) is 16.7 Å². The van der Waals surface area contributed by atoms with Crippen molar-refractivity contribution in [1.82, 2.24) is 24.5 Å². The third-order valence-corrected chi connectivity index (χ3v) is 5.94. The van der Waals surface area contributed by atoms with E-state index >= 15 is 0 Å². The van der Waals surface area contributed by atoms with Gasteiger partial charge in [-0.05, 0) is 31.0 Å². The Morgan fingerprint density at radius 2 is 2.04 bits per heavy atom. The molecule has 1 aliphatic rings. The number of nitrogens with zero attached hydrogens (tertiary/aromatic N) is 4. The summed E-state index contributed by atoms with van der Waals surface area (Å²) in [6.45, 7) is 0. The van der Waals surface area contributed by atoms with Crippen molar-refractivity contribution in [2.75, 3.05) is 5.75 Å². The van der Waals surface area contributed by atoms with E-state index < -0.39 is 5.91 Å². The number of fused-ring (bicyclic) bond motifs is 3. The summed E-state index contributed by atoms with van der Waals surface area (Å²) in [4.78, 5) is 36.5. The number of aryl methyl sites for hydroxylation is 1. The van der Waals surface area contributed by atoms with Gasteiger partial charge in [0.1, 0.15) is 0 Å². The normalized spacial score (nSPS) is 14.8. The molecule has 4 rings (SSSR count). The maximum atomic E-state index is 12.7. The van der Waals surface area contributed by atoms with E-state index in [0.717, 1.165) is 37.4 Å². The lowest BCUT2D eigenvalue weighted by molar-refractivity contribution is -0.115. The first-order valence-corrected chi connectivity index (χ1v) is 10.0. The molecule has 0 atom stereocenters. The highest BCUT2D eigenvalue weighted by Crippen LogP contribution is 2.23. The molecule has 0 saturated heterocycles. The topological polar surface area (TPSA) is 124 Å². The second-order valence-corrected chi connectivity index (χ2v) is 7.87. The SMILES string of the molecule is Cn1c(=O)c2ccc(C(=O)NC3CCCC3)cc2n2c(SCC(N)=O)nnc12. The maximum Gasteiger partial charge on any atom is 0.262 e. The maximum absolute atomic E-state index is 12.7. The molecule has 1 aromatic carbocycles. The zero-order valence-electron chi connectivity index (χ0n) is 15.3. The van der Waals surface area contributed by atoms with Gasteiger partial charge in [0.15, 0.2) is 5.16 Å². The molecule has 2 heterocycles. The monoisotopic (exact) mass is 400 g/mol. The Labute approximate surface area is 164 Å². The average molecular weight is 400 g/mol. The minimum atomic E-state index is -0.479. The Morgan fingerprint density at radius 3 is 2.75 bits per heavy atom. The van der Waals surface area contributed by atoms with Crippen molar-refractivity contribution in [1.29, 1.82) is 0 Å². The molecule has 0 spiro atoms. The van der Waals surface area contributed by atoms with Crippen LogP contribution in [0.5, 0.6) is 0 Å². The Kier molecular flexibility index (Phi) is 4.80. The molecular formula is C18H20N6O3S. The zero-order valence-corrected chi connectivity index (χ0v) is 16.2. The van der Waals surface area contributed by atoms with Crippen molar-refractivity contribution in [3.63, 3.8) is 0 Å². The number of rotatable bonds is 5. The second-order valence-electron chi connectivity index (χ2n) is 6.92. The molecule has 1 aliphatic carbocycles. The van der Waals surface area contributed by atoms with Crippen LogP contribution in [0.15, 0.2) is 28.2 Å². The van der Waals surface area contributed by atoms with Gasteiger partial charge >= 0.3 is 0 Å². The van der Waals surface area contributed by atoms with Gasteiger partial charge in [-0.1, -0.05) is 24.6 Å². The predicted molar refractivity (Wildman–Crippen MR) is 105 cm³/mol. The molecular weight excluding hydrogens is 380 g/mol. The molecule has 1 fully saturated rings. The Bertz CT molecular complexity index is 1150. The van der Waals surface area contributed by atoms with Gasteiger partial charge < -0.3 is 11.1 Å². The molecule has 2 amide bonds. The smallest absolute Gasteiger partial charge is 0.262 e. The van der Waals surface area contributed by atoms with Crippen molar-refractivity contribution in [3.8, 4) is 0 Å². The van der Waals surface area contributed by atoms with E-state index in [9.17, 15) is 14.4 Å². The predicted octanol–water partition coefficient (Wildman–Crippen LogP) is 0.831. The van der Waals surface area contributed by atoms with E-state index in [-0.39, 0.29) is 23.3 Å². The standard InChI is InChI=1S/C18H20N6O3S/c1-23-16(27)12-7-6-10(15(26)20-11-4-2-3-5-11)8-13(12)24-17(23)21-22-18(24)28-9-14(19)25/h6-8,11H,2-5,9H2,1H3,(H2,19,25)(H,20,26). The van der Waals surface area contributed by atoms with Crippen LogP contribution in [-0.2, 0) is 11.8 Å². The fraction of sp³-hybridized carbons (Fsp3) is 0.389. The van der Waals surface area contributed by atoms with Crippen molar-refractivity contribution < 1.29 is 9.59 Å². The fourth-order valence-electron chi connectivity index (χ4n) is 3.57. The second kappa shape index (κ2) is 7.27. The van der Waals surface area contributed by atoms with Gasteiger partial charge in [0.2, 0.25) is 11.7 Å². The summed E-state index contributed by atoms with van der Waals surface area (Å²) in [7, 11) is 1.61. The average Bonchev–Trinajstić information content (AvgIpc) is 3.33. The number of nitrogens with two attached hydrogens (primary N) is 1. The van der Waals surface area contributed by atoms with Crippen LogP contribution < -0.4 is 16.6 Å². The molecule has 28 heavy (non-hydrogen) atoms. The van der Waals surface area contributed by atoms with Gasteiger partial charge in [0.25, 0.3) is 11.5 Å². The van der Waals surface area contributed by atoms with Crippen LogP contribution in [-0.4, -0.2) is 42.8 Å². The Hall–Kier alpha value is -2.88. The molecule has 3 N–H and O–H groups in total. The number of primary amides is 1. The van der Waals surface area contributed by atoms with Crippen LogP contribution in [0.2, 0.25) is 0 Å². The largest absolute Gasteiger partial charge is 0.369 e. The van der Waals surface area contributed by atoms with Crippen molar-refractivity contribution in [3.05, 3.63) is 34.1 Å². The summed E-state index contributed by atoms with van der Waals surface area (Å²) >= 11 is 1.13. The number of amides is 2. The minimum Gasteiger partial charge on any atom is -0.369 e. The summed E-state index contributed by atoms with van der Waals surface area (Å²) in [6, 6.07) is 5.17. The van der Waals surface area contributed by atoms with Gasteiger partial charge in [-0.25, -0.2) is 0 Å². The van der Waals surface area contributed by atoms with Crippen molar-refractivity contribution in [2.45, 2.75) is 36.9 Å². The van der Waals surface area contributed by atoms with Gasteiger partial charge in [-0.3, -0.25) is 23.4 Å².